The molecule has 106 valence electrons. The molecule has 0 aromatic heterocycles. The van der Waals surface area contributed by atoms with E-state index in [0.29, 0.717) is 6.61 Å². The van der Waals surface area contributed by atoms with Crippen LogP contribution in [0.2, 0.25) is 0 Å². The number of aliphatic hydroxyl groups excluding tert-OH is 1. The summed E-state index contributed by atoms with van der Waals surface area (Å²) in [6, 6.07) is 8.21. The lowest BCUT2D eigenvalue weighted by Gasteiger charge is -2.36. The molecule has 1 N–H and O–H groups in total. The molecule has 0 unspecified atom stereocenters. The number of hydrogen-bond acceptors (Lipinski definition) is 4. The van der Waals surface area contributed by atoms with Crippen LogP contribution in [0.15, 0.2) is 24.3 Å². The summed E-state index contributed by atoms with van der Waals surface area (Å²) >= 11 is 0. The molecule has 0 bridgehead atoms. The zero-order valence-corrected chi connectivity index (χ0v) is 11.7. The van der Waals surface area contributed by atoms with Gasteiger partial charge in [0.05, 0.1) is 12.8 Å². The van der Waals surface area contributed by atoms with Crippen LogP contribution in [0.5, 0.6) is 5.75 Å². The largest absolute Gasteiger partial charge is 0.495 e. The summed E-state index contributed by atoms with van der Waals surface area (Å²) in [5.74, 6) is 0.955. The number of hydrogen-bond donors (Lipinski definition) is 1. The van der Waals surface area contributed by atoms with Crippen molar-refractivity contribution >= 4 is 5.69 Å². The fraction of sp³-hybridized carbons (Fsp3) is 0.600. The Labute approximate surface area is 115 Å². The highest BCUT2D eigenvalue weighted by atomic mass is 16.5. The Morgan fingerprint density at radius 2 is 1.84 bits per heavy atom. The van der Waals surface area contributed by atoms with E-state index in [9.17, 15) is 0 Å². The average molecular weight is 264 g/mol. The molecule has 19 heavy (non-hydrogen) atoms. The van der Waals surface area contributed by atoms with Gasteiger partial charge in [-0.15, -0.1) is 0 Å². The SMILES string of the molecule is COc1ccccc1N1CCN(CCCCO)CC1. The predicted molar refractivity (Wildman–Crippen MR) is 78.0 cm³/mol. The van der Waals surface area contributed by atoms with Crippen LogP contribution < -0.4 is 9.64 Å². The smallest absolute Gasteiger partial charge is 0.142 e. The van der Waals surface area contributed by atoms with E-state index in [-0.39, 0.29) is 0 Å². The molecule has 0 aliphatic carbocycles. The lowest BCUT2D eigenvalue weighted by molar-refractivity contribution is 0.232. The molecule has 1 aromatic carbocycles. The summed E-state index contributed by atoms with van der Waals surface area (Å²) < 4.78 is 5.42. The number of para-hydroxylation sites is 2. The van der Waals surface area contributed by atoms with Crippen molar-refractivity contribution in [3.8, 4) is 5.75 Å². The van der Waals surface area contributed by atoms with Gasteiger partial charge >= 0.3 is 0 Å². The first-order valence-corrected chi connectivity index (χ1v) is 7.06. The Morgan fingerprint density at radius 3 is 2.53 bits per heavy atom. The van der Waals surface area contributed by atoms with E-state index < -0.39 is 0 Å². The molecule has 1 saturated heterocycles. The van der Waals surface area contributed by atoms with Crippen LogP contribution in [0.3, 0.4) is 0 Å². The van der Waals surface area contributed by atoms with Crippen LogP contribution >= 0.6 is 0 Å². The maximum atomic E-state index is 8.80. The number of aliphatic hydroxyl groups is 1. The Kier molecular flexibility index (Phi) is 5.48. The molecule has 0 atom stereocenters. The van der Waals surface area contributed by atoms with Gasteiger partial charge in [0.25, 0.3) is 0 Å². The van der Waals surface area contributed by atoms with E-state index >= 15 is 0 Å². The standard InChI is InChI=1S/C15H24N2O2/c1-19-15-7-3-2-6-14(15)17-11-9-16(10-12-17)8-4-5-13-18/h2-3,6-7,18H,4-5,8-13H2,1H3. The number of benzene rings is 1. The average Bonchev–Trinajstić information content (AvgIpc) is 2.48. The number of rotatable bonds is 6. The summed E-state index contributed by atoms with van der Waals surface area (Å²) in [5.41, 5.74) is 1.19. The fourth-order valence-corrected chi connectivity index (χ4v) is 2.55. The van der Waals surface area contributed by atoms with Crippen molar-refractivity contribution in [3.05, 3.63) is 24.3 Å². The summed E-state index contributed by atoms with van der Waals surface area (Å²) in [7, 11) is 1.73. The molecule has 4 nitrogen and oxygen atoms in total. The van der Waals surface area contributed by atoms with E-state index in [1.165, 1.54) is 5.69 Å². The molecule has 0 amide bonds. The van der Waals surface area contributed by atoms with Crippen molar-refractivity contribution in [2.75, 3.05) is 51.3 Å². The highest BCUT2D eigenvalue weighted by Crippen LogP contribution is 2.28. The Hall–Kier alpha value is -1.26. The van der Waals surface area contributed by atoms with Crippen molar-refractivity contribution < 1.29 is 9.84 Å². The van der Waals surface area contributed by atoms with Crippen LogP contribution in [-0.2, 0) is 0 Å². The lowest BCUT2D eigenvalue weighted by Crippen LogP contribution is -2.46. The van der Waals surface area contributed by atoms with Gasteiger partial charge in [0.15, 0.2) is 0 Å². The fourth-order valence-electron chi connectivity index (χ4n) is 2.55. The highest BCUT2D eigenvalue weighted by Gasteiger charge is 2.18. The Bertz CT molecular complexity index is 376. The topological polar surface area (TPSA) is 35.9 Å². The Morgan fingerprint density at radius 1 is 1.11 bits per heavy atom. The van der Waals surface area contributed by atoms with Crippen LogP contribution in [0.4, 0.5) is 5.69 Å². The second-order valence-corrected chi connectivity index (χ2v) is 4.93. The molecule has 0 spiro atoms. The van der Waals surface area contributed by atoms with E-state index in [1.54, 1.807) is 7.11 Å². The van der Waals surface area contributed by atoms with Gasteiger partial charge in [0.1, 0.15) is 5.75 Å². The van der Waals surface area contributed by atoms with Crippen LogP contribution in [0.25, 0.3) is 0 Å². The number of methoxy groups -OCH3 is 1. The predicted octanol–water partition coefficient (Wildman–Crippen LogP) is 1.59. The first-order chi connectivity index (χ1) is 9.35. The molecule has 1 aliphatic rings. The maximum absolute atomic E-state index is 8.80. The highest BCUT2D eigenvalue weighted by molar-refractivity contribution is 5.58. The second-order valence-electron chi connectivity index (χ2n) is 4.93. The summed E-state index contributed by atoms with van der Waals surface area (Å²) in [6.45, 7) is 5.66. The summed E-state index contributed by atoms with van der Waals surface area (Å²) in [4.78, 5) is 4.86. The van der Waals surface area contributed by atoms with Crippen molar-refractivity contribution in [2.24, 2.45) is 0 Å². The third kappa shape index (κ3) is 3.85. The number of nitrogens with zero attached hydrogens (tertiary/aromatic N) is 2. The van der Waals surface area contributed by atoms with Crippen LogP contribution in [0.1, 0.15) is 12.8 Å². The number of unbranched alkanes of at least 4 members (excludes halogenated alkanes) is 1. The van der Waals surface area contributed by atoms with Crippen molar-refractivity contribution in [2.45, 2.75) is 12.8 Å². The summed E-state index contributed by atoms with van der Waals surface area (Å²) in [5, 5.41) is 8.80. The molecular weight excluding hydrogens is 240 g/mol. The van der Waals surface area contributed by atoms with Gasteiger partial charge in [-0.3, -0.25) is 4.90 Å². The van der Waals surface area contributed by atoms with Gasteiger partial charge < -0.3 is 14.7 Å². The molecule has 1 aromatic rings. The van der Waals surface area contributed by atoms with Gasteiger partial charge in [-0.05, 0) is 31.5 Å². The number of ether oxygens (including phenoxy) is 1. The normalized spacial score (nSPS) is 16.6. The number of anilines is 1. The van der Waals surface area contributed by atoms with E-state index in [2.05, 4.69) is 21.9 Å². The van der Waals surface area contributed by atoms with E-state index in [0.717, 1.165) is 51.3 Å². The zero-order valence-electron chi connectivity index (χ0n) is 11.7. The summed E-state index contributed by atoms with van der Waals surface area (Å²) in [6.07, 6.45) is 2.00. The molecular formula is C15H24N2O2. The van der Waals surface area contributed by atoms with Crippen molar-refractivity contribution in [3.63, 3.8) is 0 Å². The molecule has 0 radical (unpaired) electrons. The lowest BCUT2D eigenvalue weighted by atomic mass is 10.2. The molecule has 1 fully saturated rings. The van der Waals surface area contributed by atoms with Gasteiger partial charge in [-0.25, -0.2) is 0 Å². The third-order valence-corrected chi connectivity index (χ3v) is 3.68. The molecule has 0 saturated carbocycles. The van der Waals surface area contributed by atoms with Crippen molar-refractivity contribution in [1.29, 1.82) is 0 Å². The molecule has 1 heterocycles. The Balaban J connectivity index is 1.85. The molecule has 1 aliphatic heterocycles. The van der Waals surface area contributed by atoms with Crippen molar-refractivity contribution in [1.82, 2.24) is 4.90 Å². The quantitative estimate of drug-likeness (QED) is 0.792. The second kappa shape index (κ2) is 7.36. The van der Waals surface area contributed by atoms with Gasteiger partial charge in [-0.1, -0.05) is 12.1 Å². The molecule has 2 rings (SSSR count). The van der Waals surface area contributed by atoms with E-state index in [4.69, 9.17) is 9.84 Å². The van der Waals surface area contributed by atoms with Crippen LogP contribution in [0, 0.1) is 0 Å². The zero-order chi connectivity index (χ0) is 13.5. The minimum atomic E-state index is 0.307. The minimum Gasteiger partial charge on any atom is -0.495 e. The monoisotopic (exact) mass is 264 g/mol. The van der Waals surface area contributed by atoms with Crippen LogP contribution in [-0.4, -0.2) is 56.4 Å². The van der Waals surface area contributed by atoms with Gasteiger partial charge in [-0.2, -0.15) is 0 Å². The molecule has 4 heteroatoms. The maximum Gasteiger partial charge on any atom is 0.142 e. The van der Waals surface area contributed by atoms with Gasteiger partial charge in [0.2, 0.25) is 0 Å². The third-order valence-electron chi connectivity index (χ3n) is 3.68. The van der Waals surface area contributed by atoms with E-state index in [1.807, 2.05) is 12.1 Å². The first-order valence-electron chi connectivity index (χ1n) is 7.06. The first kappa shape index (κ1) is 14.2. The van der Waals surface area contributed by atoms with Gasteiger partial charge in [0, 0.05) is 32.8 Å². The number of piperazine rings is 1. The minimum absolute atomic E-state index is 0.307.